The van der Waals surface area contributed by atoms with Crippen LogP contribution in [0.5, 0.6) is 11.5 Å². The summed E-state index contributed by atoms with van der Waals surface area (Å²) in [5.41, 5.74) is -4.70. The smallest absolute Gasteiger partial charge is 0.437 e. The molecule has 2 aromatic rings. The van der Waals surface area contributed by atoms with Crippen LogP contribution in [0.25, 0.3) is 10.9 Å². The van der Waals surface area contributed by atoms with E-state index in [-0.39, 0.29) is 68.0 Å². The normalized spacial score (nSPS) is 28.7. The molecule has 1 saturated heterocycles. The summed E-state index contributed by atoms with van der Waals surface area (Å²) < 4.78 is 60.7. The van der Waals surface area contributed by atoms with Crippen molar-refractivity contribution in [3.05, 3.63) is 41.6 Å². The number of carbonyl (C=O) groups excluding carboxylic acids is 4. The SMILES string of the molecule is CCOC(=O)[C@@]12C[C@H]1/C=C\CCCCC[C@H](NC(=O)OC(C)(C)C)C(=O)N1C[C@@]3(CCc4c(c(C(F)(F)F)nc5ccc(O)cc45)O3)C[C@H]1C(=O)N2. The van der Waals surface area contributed by atoms with E-state index in [1.807, 2.05) is 12.2 Å². The molecule has 3 N–H and O–H groups in total. The summed E-state index contributed by atoms with van der Waals surface area (Å²) in [4.78, 5) is 60.2. The van der Waals surface area contributed by atoms with Gasteiger partial charge in [-0.3, -0.25) is 9.59 Å². The molecule has 4 aliphatic rings. The number of carbonyl (C=O) groups is 4. The van der Waals surface area contributed by atoms with Crippen LogP contribution in [0.15, 0.2) is 30.4 Å². The van der Waals surface area contributed by atoms with Crippen molar-refractivity contribution in [2.75, 3.05) is 13.2 Å². The molecule has 0 radical (unpaired) electrons. The number of nitrogens with one attached hydrogen (secondary N) is 2. The van der Waals surface area contributed by atoms with E-state index >= 15 is 0 Å². The number of allylic oxidation sites excluding steroid dienone is 1. The quantitative estimate of drug-likeness (QED) is 0.275. The van der Waals surface area contributed by atoms with Gasteiger partial charge in [0.25, 0.3) is 0 Å². The van der Waals surface area contributed by atoms with Gasteiger partial charge in [-0.25, -0.2) is 14.6 Å². The Morgan fingerprint density at radius 2 is 1.92 bits per heavy atom. The van der Waals surface area contributed by atoms with Crippen LogP contribution >= 0.6 is 0 Å². The number of alkyl carbamates (subject to hydrolysis) is 1. The van der Waals surface area contributed by atoms with Gasteiger partial charge in [0.05, 0.1) is 18.7 Å². The zero-order chi connectivity index (χ0) is 37.6. The minimum Gasteiger partial charge on any atom is -0.508 e. The van der Waals surface area contributed by atoms with Crippen molar-refractivity contribution in [2.24, 2.45) is 5.92 Å². The molecule has 2 fully saturated rings. The number of pyridine rings is 1. The number of hydrogen-bond donors (Lipinski definition) is 3. The number of phenolic OH excluding ortho intramolecular Hbond substituents is 1. The Hall–Kier alpha value is -4.56. The second kappa shape index (κ2) is 13.8. The fraction of sp³-hybridized carbons (Fsp3) is 0.595. The number of rotatable bonds is 3. The zero-order valence-electron chi connectivity index (χ0n) is 29.7. The van der Waals surface area contributed by atoms with Gasteiger partial charge >= 0.3 is 18.2 Å². The molecule has 4 heterocycles. The molecular formula is C37H45F3N4O8. The maximum Gasteiger partial charge on any atom is 0.437 e. The molecule has 0 bridgehead atoms. The molecule has 0 unspecified atom stereocenters. The summed E-state index contributed by atoms with van der Waals surface area (Å²) >= 11 is 0. The highest BCUT2D eigenvalue weighted by atomic mass is 19.4. The summed E-state index contributed by atoms with van der Waals surface area (Å²) in [6, 6.07) is 1.50. The van der Waals surface area contributed by atoms with Crippen LogP contribution in [0.3, 0.4) is 0 Å². The minimum atomic E-state index is -4.91. The number of esters is 1. The Kier molecular flexibility index (Phi) is 9.85. The van der Waals surface area contributed by atoms with Gasteiger partial charge < -0.3 is 34.9 Å². The number of fused-ring (bicyclic) bond motifs is 5. The summed E-state index contributed by atoms with van der Waals surface area (Å²) in [6.07, 6.45) is 1.36. The van der Waals surface area contributed by atoms with Crippen molar-refractivity contribution >= 4 is 34.8 Å². The largest absolute Gasteiger partial charge is 0.508 e. The number of amides is 3. The number of benzene rings is 1. The highest BCUT2D eigenvalue weighted by Crippen LogP contribution is 2.50. The lowest BCUT2D eigenvalue weighted by Crippen LogP contribution is -2.57. The zero-order valence-corrected chi connectivity index (χ0v) is 29.7. The predicted molar refractivity (Wildman–Crippen MR) is 181 cm³/mol. The van der Waals surface area contributed by atoms with Gasteiger partial charge in [0.1, 0.15) is 34.6 Å². The molecule has 3 aliphatic heterocycles. The number of aromatic nitrogens is 1. The molecule has 12 nitrogen and oxygen atoms in total. The number of phenols is 1. The first-order valence-corrected chi connectivity index (χ1v) is 17.8. The van der Waals surface area contributed by atoms with Crippen molar-refractivity contribution in [3.8, 4) is 11.5 Å². The first-order valence-electron chi connectivity index (χ1n) is 17.8. The lowest BCUT2D eigenvalue weighted by atomic mass is 9.87. The number of aromatic hydroxyl groups is 1. The maximum absolute atomic E-state index is 14.5. The first kappa shape index (κ1) is 37.2. The third-order valence-electron chi connectivity index (χ3n) is 10.2. The molecule has 282 valence electrons. The predicted octanol–water partition coefficient (Wildman–Crippen LogP) is 5.48. The third-order valence-corrected chi connectivity index (χ3v) is 10.2. The topological polar surface area (TPSA) is 156 Å². The van der Waals surface area contributed by atoms with Gasteiger partial charge in [-0.15, -0.1) is 0 Å². The number of ether oxygens (including phenoxy) is 3. The molecule has 5 atom stereocenters. The Balaban J connectivity index is 1.40. The second-order valence-corrected chi connectivity index (χ2v) is 15.2. The number of nitrogens with zero attached hydrogens (tertiary/aromatic N) is 2. The molecule has 1 aliphatic carbocycles. The molecule has 6 rings (SSSR count). The van der Waals surface area contributed by atoms with Crippen molar-refractivity contribution < 1.29 is 51.7 Å². The van der Waals surface area contributed by atoms with Gasteiger partial charge in [-0.1, -0.05) is 25.0 Å². The summed E-state index contributed by atoms with van der Waals surface area (Å²) in [6.45, 7) is 6.50. The van der Waals surface area contributed by atoms with Gasteiger partial charge in [-0.05, 0) is 84.4 Å². The lowest BCUT2D eigenvalue weighted by molar-refractivity contribution is -0.150. The van der Waals surface area contributed by atoms with E-state index in [2.05, 4.69) is 15.6 Å². The number of halogens is 3. The van der Waals surface area contributed by atoms with E-state index in [0.29, 0.717) is 18.2 Å². The van der Waals surface area contributed by atoms with E-state index < -0.39 is 70.3 Å². The Bertz CT molecular complexity index is 1790. The minimum absolute atomic E-state index is 0.0328. The van der Waals surface area contributed by atoms with Crippen LogP contribution in [0.4, 0.5) is 18.0 Å². The van der Waals surface area contributed by atoms with Crippen LogP contribution in [0.1, 0.15) is 90.3 Å². The van der Waals surface area contributed by atoms with Crippen molar-refractivity contribution in [3.63, 3.8) is 0 Å². The van der Waals surface area contributed by atoms with Crippen molar-refractivity contribution in [1.82, 2.24) is 20.5 Å². The molecule has 1 aromatic heterocycles. The van der Waals surface area contributed by atoms with Gasteiger partial charge in [0, 0.05) is 23.3 Å². The van der Waals surface area contributed by atoms with Crippen molar-refractivity contribution in [1.29, 1.82) is 0 Å². The average Bonchev–Trinajstić information content (AvgIpc) is 3.63. The Labute approximate surface area is 299 Å². The van der Waals surface area contributed by atoms with Crippen LogP contribution in [-0.4, -0.2) is 80.8 Å². The van der Waals surface area contributed by atoms with E-state index in [1.165, 1.54) is 23.1 Å². The standard InChI is InChI=1S/C37H45F3N4O8/c1-5-50-32(48)36-18-21(36)11-9-7-6-8-10-12-26(42-33(49)52-34(2,3)4)31(47)44-20-35(19-27(44)30(46)43-36)16-15-23-24-17-22(45)13-14-25(24)41-29(28(23)51-35)37(38,39)40/h9,11,13-14,17,21,26-27,45H,5-8,10,12,15-16,18-20H2,1-4H3,(H,42,49)(H,43,46)/b11-9-/t21-,26+,27+,35-,36-/m1/s1. The van der Waals surface area contributed by atoms with Gasteiger partial charge in [0.2, 0.25) is 11.8 Å². The van der Waals surface area contributed by atoms with Crippen LogP contribution < -0.4 is 15.4 Å². The Morgan fingerprint density at radius 3 is 2.63 bits per heavy atom. The molecule has 3 amide bonds. The van der Waals surface area contributed by atoms with E-state index in [1.54, 1.807) is 27.7 Å². The number of aryl methyl sites for hydroxylation is 1. The molecule has 1 aromatic carbocycles. The molecule has 15 heteroatoms. The summed E-state index contributed by atoms with van der Waals surface area (Å²) in [5, 5.41) is 16.0. The van der Waals surface area contributed by atoms with E-state index in [0.717, 1.165) is 12.8 Å². The molecule has 1 spiro atoms. The number of hydrogen-bond acceptors (Lipinski definition) is 9. The third kappa shape index (κ3) is 7.49. The van der Waals surface area contributed by atoms with E-state index in [4.69, 9.17) is 14.2 Å². The van der Waals surface area contributed by atoms with Crippen LogP contribution in [0.2, 0.25) is 0 Å². The average molecular weight is 731 g/mol. The maximum atomic E-state index is 14.5. The van der Waals surface area contributed by atoms with Gasteiger partial charge in [0.15, 0.2) is 11.4 Å². The van der Waals surface area contributed by atoms with Crippen LogP contribution in [-0.2, 0) is 36.5 Å². The highest BCUT2D eigenvalue weighted by molar-refractivity contribution is 5.97. The van der Waals surface area contributed by atoms with Gasteiger partial charge in [-0.2, -0.15) is 13.2 Å². The Morgan fingerprint density at radius 1 is 1.15 bits per heavy atom. The summed E-state index contributed by atoms with van der Waals surface area (Å²) in [5.74, 6) is -2.95. The molecule has 1 saturated carbocycles. The molecule has 52 heavy (non-hydrogen) atoms. The monoisotopic (exact) mass is 730 g/mol. The van der Waals surface area contributed by atoms with Crippen molar-refractivity contribution in [2.45, 2.75) is 120 Å². The first-order chi connectivity index (χ1) is 24.4. The van der Waals surface area contributed by atoms with E-state index in [9.17, 15) is 37.5 Å². The summed E-state index contributed by atoms with van der Waals surface area (Å²) in [7, 11) is 0. The highest BCUT2D eigenvalue weighted by Gasteiger charge is 2.63. The fourth-order valence-corrected chi connectivity index (χ4v) is 7.61. The fourth-order valence-electron chi connectivity index (χ4n) is 7.61. The second-order valence-electron chi connectivity index (χ2n) is 15.2. The number of alkyl halides is 3. The van der Waals surface area contributed by atoms with Crippen LogP contribution in [0, 0.1) is 5.92 Å². The lowest BCUT2D eigenvalue weighted by Gasteiger charge is -2.37. The molecular weight excluding hydrogens is 685 g/mol.